The van der Waals surface area contributed by atoms with Crippen LogP contribution >= 0.6 is 0 Å². The quantitative estimate of drug-likeness (QED) is 0.517. The van der Waals surface area contributed by atoms with Gasteiger partial charge in [0.2, 0.25) is 0 Å². The summed E-state index contributed by atoms with van der Waals surface area (Å²) in [5.74, 6) is 0.682. The minimum absolute atomic E-state index is 0.103. The van der Waals surface area contributed by atoms with Crippen LogP contribution in [0.15, 0.2) is 36.5 Å². The Morgan fingerprint density at radius 3 is 2.63 bits per heavy atom. The van der Waals surface area contributed by atoms with Gasteiger partial charge >= 0.3 is 6.11 Å². The summed E-state index contributed by atoms with van der Waals surface area (Å²) in [5, 5.41) is 12.5. The van der Waals surface area contributed by atoms with Crippen molar-refractivity contribution in [2.75, 3.05) is 34.8 Å². The summed E-state index contributed by atoms with van der Waals surface area (Å²) in [6, 6.07) is 7.75. The van der Waals surface area contributed by atoms with Crippen molar-refractivity contribution >= 4 is 32.2 Å². The van der Waals surface area contributed by atoms with Crippen molar-refractivity contribution in [1.82, 2.24) is 15.2 Å². The summed E-state index contributed by atoms with van der Waals surface area (Å²) < 4.78 is 57.6. The van der Waals surface area contributed by atoms with Crippen molar-refractivity contribution in [1.29, 1.82) is 0 Å². The molecule has 1 saturated heterocycles. The van der Waals surface area contributed by atoms with Crippen molar-refractivity contribution in [3.05, 3.63) is 53.3 Å². The van der Waals surface area contributed by atoms with Gasteiger partial charge in [0.1, 0.15) is 0 Å². The zero-order valence-electron chi connectivity index (χ0n) is 19.5. The Kier molecular flexibility index (Phi) is 6.08. The minimum Gasteiger partial charge on any atom is -0.368 e. The average molecular weight is 504 g/mol. The average Bonchev–Trinajstić information content (AvgIpc) is 3.64. The number of hydrogen-bond donors (Lipinski definition) is 1. The van der Waals surface area contributed by atoms with Crippen molar-refractivity contribution in [3.8, 4) is 0 Å². The third kappa shape index (κ3) is 5.20. The molecule has 0 unspecified atom stereocenters. The molecule has 11 heteroatoms. The first-order chi connectivity index (χ1) is 16.6. The molecule has 0 spiro atoms. The third-order valence-electron chi connectivity index (χ3n) is 6.40. The number of rotatable bonds is 7. The molecule has 0 amide bonds. The van der Waals surface area contributed by atoms with Gasteiger partial charge in [-0.2, -0.15) is 13.9 Å². The number of sulfone groups is 1. The van der Waals surface area contributed by atoms with Crippen LogP contribution in [0.25, 0.3) is 10.9 Å². The van der Waals surface area contributed by atoms with Crippen LogP contribution in [0.1, 0.15) is 42.6 Å². The Bertz CT molecular complexity index is 1350. The largest absolute Gasteiger partial charge is 0.383 e. The predicted octanol–water partition coefficient (Wildman–Crippen LogP) is 3.97. The van der Waals surface area contributed by atoms with Gasteiger partial charge in [0, 0.05) is 18.5 Å². The fourth-order valence-corrected chi connectivity index (χ4v) is 5.34. The topological polar surface area (TPSA) is 97.3 Å². The van der Waals surface area contributed by atoms with Crippen LogP contribution in [0.3, 0.4) is 0 Å². The van der Waals surface area contributed by atoms with Crippen LogP contribution < -0.4 is 10.2 Å². The standard InChI is InChI=1S/C24H27F2N5O3S/c1-15(17-4-3-5-18(12-17)24(25,26)34-20-6-7-20)28-23-21-13-19(14-27-22(21)16(2)29-30-23)31-8-10-35(32,33)11-9-31/h3-5,12-15,20H,6-11H2,1-2H3,(H,28,30)/t15-/m1/s1. The zero-order valence-corrected chi connectivity index (χ0v) is 20.4. The molecule has 3 aromatic rings. The fourth-order valence-electron chi connectivity index (χ4n) is 4.14. The van der Waals surface area contributed by atoms with E-state index in [0.29, 0.717) is 48.5 Å². The molecule has 0 bridgehead atoms. The molecule has 8 nitrogen and oxygen atoms in total. The predicted molar refractivity (Wildman–Crippen MR) is 129 cm³/mol. The van der Waals surface area contributed by atoms with Crippen LogP contribution in [0.5, 0.6) is 0 Å². The third-order valence-corrected chi connectivity index (χ3v) is 8.00. The van der Waals surface area contributed by atoms with Crippen molar-refractivity contribution in [2.45, 2.75) is 44.9 Å². The highest BCUT2D eigenvalue weighted by atomic mass is 32.2. The van der Waals surface area contributed by atoms with Gasteiger partial charge in [-0.3, -0.25) is 4.98 Å². The molecule has 35 heavy (non-hydrogen) atoms. The van der Waals surface area contributed by atoms with Gasteiger partial charge in [-0.05, 0) is 44.4 Å². The molecule has 2 aromatic heterocycles. The van der Waals surface area contributed by atoms with E-state index in [2.05, 4.69) is 20.5 Å². The van der Waals surface area contributed by atoms with Crippen molar-refractivity contribution in [3.63, 3.8) is 0 Å². The second kappa shape index (κ2) is 8.94. The molecule has 1 aliphatic carbocycles. The molecule has 3 heterocycles. The molecule has 0 radical (unpaired) electrons. The van der Waals surface area contributed by atoms with E-state index in [1.54, 1.807) is 18.3 Å². The molecule has 2 fully saturated rings. The Balaban J connectivity index is 1.41. The van der Waals surface area contributed by atoms with E-state index in [1.807, 2.05) is 24.8 Å². The van der Waals surface area contributed by atoms with Crippen LogP contribution in [-0.2, 0) is 20.7 Å². The monoisotopic (exact) mass is 503 g/mol. The number of anilines is 2. The number of alkyl halides is 2. The Morgan fingerprint density at radius 2 is 1.91 bits per heavy atom. The molecule has 1 saturated carbocycles. The normalized spacial score (nSPS) is 19.0. The number of halogens is 2. The number of aromatic nitrogens is 3. The maximum absolute atomic E-state index is 14.5. The summed E-state index contributed by atoms with van der Waals surface area (Å²) in [5.41, 5.74) is 2.60. The van der Waals surface area contributed by atoms with E-state index in [1.165, 1.54) is 12.1 Å². The summed E-state index contributed by atoms with van der Waals surface area (Å²) in [7, 11) is -3.00. The Morgan fingerprint density at radius 1 is 1.17 bits per heavy atom. The van der Waals surface area contributed by atoms with Gasteiger partial charge in [-0.1, -0.05) is 18.2 Å². The first kappa shape index (κ1) is 23.8. The maximum atomic E-state index is 14.5. The number of hydrogen-bond acceptors (Lipinski definition) is 8. The van der Waals surface area contributed by atoms with E-state index in [9.17, 15) is 17.2 Å². The lowest BCUT2D eigenvalue weighted by molar-refractivity contribution is -0.255. The molecular formula is C24H27F2N5O3S. The van der Waals surface area contributed by atoms with E-state index >= 15 is 0 Å². The number of fused-ring (bicyclic) bond motifs is 1. The van der Waals surface area contributed by atoms with Crippen LogP contribution in [0, 0.1) is 6.92 Å². The molecule has 2 aliphatic rings. The summed E-state index contributed by atoms with van der Waals surface area (Å²) >= 11 is 0. The summed E-state index contributed by atoms with van der Waals surface area (Å²) in [6.45, 7) is 4.47. The smallest absolute Gasteiger partial charge is 0.368 e. The van der Waals surface area contributed by atoms with Gasteiger partial charge < -0.3 is 15.0 Å². The number of nitrogens with one attached hydrogen (secondary N) is 1. The van der Waals surface area contributed by atoms with Crippen LogP contribution in [0.4, 0.5) is 20.3 Å². The number of benzene rings is 1. The van der Waals surface area contributed by atoms with Crippen LogP contribution in [0.2, 0.25) is 0 Å². The van der Waals surface area contributed by atoms with Gasteiger partial charge in [0.25, 0.3) is 0 Å². The van der Waals surface area contributed by atoms with Gasteiger partial charge in [-0.15, -0.1) is 5.10 Å². The molecule has 5 rings (SSSR count). The van der Waals surface area contributed by atoms with Crippen molar-refractivity contribution in [2.24, 2.45) is 0 Å². The Hall–Kier alpha value is -2.92. The highest BCUT2D eigenvalue weighted by Gasteiger charge is 2.40. The number of ether oxygens (including phenoxy) is 1. The van der Waals surface area contributed by atoms with E-state index < -0.39 is 15.9 Å². The minimum atomic E-state index is -3.34. The first-order valence-corrected chi connectivity index (χ1v) is 13.4. The van der Waals surface area contributed by atoms with Gasteiger partial charge in [-0.25, -0.2) is 8.42 Å². The highest BCUT2D eigenvalue weighted by molar-refractivity contribution is 7.91. The lowest BCUT2D eigenvalue weighted by Crippen LogP contribution is -2.40. The highest BCUT2D eigenvalue weighted by Crippen LogP contribution is 2.38. The number of nitrogens with zero attached hydrogens (tertiary/aromatic N) is 4. The lowest BCUT2D eigenvalue weighted by atomic mass is 10.0. The van der Waals surface area contributed by atoms with Crippen LogP contribution in [-0.4, -0.2) is 54.3 Å². The first-order valence-electron chi connectivity index (χ1n) is 11.6. The van der Waals surface area contributed by atoms with Gasteiger partial charge in [0.15, 0.2) is 15.7 Å². The molecule has 1 aromatic carbocycles. The Labute approximate surface area is 202 Å². The fraction of sp³-hybridized carbons (Fsp3) is 0.458. The number of pyridine rings is 1. The molecule has 1 aliphatic heterocycles. The maximum Gasteiger partial charge on any atom is 0.383 e. The van der Waals surface area contributed by atoms with Crippen molar-refractivity contribution < 1.29 is 21.9 Å². The molecule has 186 valence electrons. The summed E-state index contributed by atoms with van der Waals surface area (Å²) in [4.78, 5) is 6.55. The number of aryl methyl sites for hydroxylation is 1. The van der Waals surface area contributed by atoms with E-state index in [0.717, 1.165) is 11.1 Å². The van der Waals surface area contributed by atoms with Gasteiger partial charge in [0.05, 0.1) is 52.3 Å². The second-order valence-corrected chi connectivity index (χ2v) is 11.5. The second-order valence-electron chi connectivity index (χ2n) is 9.19. The van der Waals surface area contributed by atoms with E-state index in [4.69, 9.17) is 4.74 Å². The molecule has 1 atom stereocenters. The van der Waals surface area contributed by atoms with E-state index in [-0.39, 0.29) is 29.2 Å². The summed E-state index contributed by atoms with van der Waals surface area (Å²) in [6.07, 6.45) is -0.674. The lowest BCUT2D eigenvalue weighted by Gasteiger charge is -2.28. The molecule has 1 N–H and O–H groups in total. The molecular weight excluding hydrogens is 476 g/mol. The SMILES string of the molecule is Cc1nnc(N[C@H](C)c2cccc(C(F)(F)OC3CC3)c2)c2cc(N3CCS(=O)(=O)CC3)cnc12. The zero-order chi connectivity index (χ0) is 24.8.